The minimum Gasteiger partial charge on any atom is -0.374 e. The van der Waals surface area contributed by atoms with Crippen LogP contribution in [-0.4, -0.2) is 60.2 Å². The number of morpholine rings is 1. The van der Waals surface area contributed by atoms with E-state index in [1.165, 1.54) is 4.40 Å². The molecule has 7 nitrogen and oxygen atoms in total. The number of aromatic nitrogens is 2. The lowest BCUT2D eigenvalue weighted by Crippen LogP contribution is -2.51. The van der Waals surface area contributed by atoms with Gasteiger partial charge in [0, 0.05) is 19.0 Å². The minimum atomic E-state index is -3.53. The third-order valence-electron chi connectivity index (χ3n) is 4.79. The van der Waals surface area contributed by atoms with Gasteiger partial charge >= 0.3 is 0 Å². The molecule has 8 heteroatoms. The molecular formula is C16H19N3O4S. The van der Waals surface area contributed by atoms with Crippen molar-refractivity contribution in [2.24, 2.45) is 0 Å². The van der Waals surface area contributed by atoms with E-state index in [2.05, 4.69) is 4.98 Å². The number of nitrogens with zero attached hydrogens (tertiary/aromatic N) is 3. The highest BCUT2D eigenvalue weighted by Gasteiger charge is 2.40. The second kappa shape index (κ2) is 5.56. The van der Waals surface area contributed by atoms with Gasteiger partial charge in [-0.2, -0.15) is 0 Å². The molecular weight excluding hydrogens is 330 g/mol. The zero-order chi connectivity index (χ0) is 16.9. The second-order valence-electron chi connectivity index (χ2n) is 6.38. The Morgan fingerprint density at radius 1 is 1.33 bits per heavy atom. The van der Waals surface area contributed by atoms with Crippen LogP contribution in [0.15, 0.2) is 29.6 Å². The highest BCUT2D eigenvalue weighted by molar-refractivity contribution is 7.90. The molecule has 2 fully saturated rings. The van der Waals surface area contributed by atoms with Gasteiger partial charge in [0.1, 0.15) is 0 Å². The number of ether oxygens (including phenoxy) is 1. The number of rotatable bonds is 2. The van der Waals surface area contributed by atoms with Crippen LogP contribution in [0.25, 0.3) is 5.52 Å². The number of fused-ring (bicyclic) bond motifs is 2. The Labute approximate surface area is 140 Å². The van der Waals surface area contributed by atoms with Gasteiger partial charge in [-0.3, -0.25) is 9.20 Å². The van der Waals surface area contributed by atoms with Crippen LogP contribution in [0.1, 0.15) is 29.8 Å². The number of sulfone groups is 1. The van der Waals surface area contributed by atoms with E-state index >= 15 is 0 Å². The first kappa shape index (κ1) is 15.6. The van der Waals surface area contributed by atoms with E-state index in [4.69, 9.17) is 4.74 Å². The van der Waals surface area contributed by atoms with Crippen LogP contribution in [0.3, 0.4) is 0 Å². The van der Waals surface area contributed by atoms with Gasteiger partial charge in [0.25, 0.3) is 5.91 Å². The summed E-state index contributed by atoms with van der Waals surface area (Å²) in [5.41, 5.74) is 0.715. The van der Waals surface area contributed by atoms with Crippen molar-refractivity contribution in [1.82, 2.24) is 14.3 Å². The van der Waals surface area contributed by atoms with Crippen LogP contribution in [0.4, 0.5) is 0 Å². The van der Waals surface area contributed by atoms with Gasteiger partial charge in [-0.25, -0.2) is 13.4 Å². The Balaban J connectivity index is 1.80. The van der Waals surface area contributed by atoms with Gasteiger partial charge in [0.2, 0.25) is 15.0 Å². The van der Waals surface area contributed by atoms with Gasteiger partial charge < -0.3 is 9.64 Å². The summed E-state index contributed by atoms with van der Waals surface area (Å²) in [7, 11) is -3.53. The molecule has 2 aliphatic rings. The first-order valence-corrected chi connectivity index (χ1v) is 9.95. The van der Waals surface area contributed by atoms with Crippen molar-refractivity contribution < 1.29 is 17.9 Å². The van der Waals surface area contributed by atoms with Gasteiger partial charge in [-0.05, 0) is 31.4 Å². The van der Waals surface area contributed by atoms with Crippen molar-refractivity contribution in [2.45, 2.75) is 36.6 Å². The number of imidazole rings is 1. The largest absolute Gasteiger partial charge is 0.374 e. The lowest BCUT2D eigenvalue weighted by molar-refractivity contribution is -0.0446. The predicted octanol–water partition coefficient (Wildman–Crippen LogP) is 1.13. The summed E-state index contributed by atoms with van der Waals surface area (Å²) >= 11 is 0. The van der Waals surface area contributed by atoms with E-state index in [0.717, 1.165) is 25.5 Å². The fourth-order valence-corrected chi connectivity index (χ4v) is 4.52. The van der Waals surface area contributed by atoms with Crippen LogP contribution in [0.2, 0.25) is 0 Å². The van der Waals surface area contributed by atoms with Crippen LogP contribution in [0, 0.1) is 0 Å². The molecule has 2 atom stereocenters. The summed E-state index contributed by atoms with van der Waals surface area (Å²) in [6.45, 7) is 1.03. The number of pyridine rings is 1. The molecule has 128 valence electrons. The monoisotopic (exact) mass is 349 g/mol. The van der Waals surface area contributed by atoms with Crippen molar-refractivity contribution in [3.8, 4) is 0 Å². The van der Waals surface area contributed by atoms with Crippen molar-refractivity contribution in [1.29, 1.82) is 0 Å². The molecule has 0 bridgehead atoms. The smallest absolute Gasteiger partial charge is 0.275 e. The predicted molar refractivity (Wildman–Crippen MR) is 86.7 cm³/mol. The first-order valence-electron chi connectivity index (χ1n) is 8.06. The Hall–Kier alpha value is -1.93. The molecule has 1 aliphatic carbocycles. The van der Waals surface area contributed by atoms with Gasteiger partial charge in [-0.15, -0.1) is 0 Å². The lowest BCUT2D eigenvalue weighted by Gasteiger charge is -2.37. The molecule has 0 N–H and O–H groups in total. The molecule has 0 spiro atoms. The number of hydrogen-bond acceptors (Lipinski definition) is 5. The fraction of sp³-hybridized carbons (Fsp3) is 0.500. The van der Waals surface area contributed by atoms with Crippen molar-refractivity contribution in [3.05, 3.63) is 30.1 Å². The third kappa shape index (κ3) is 2.41. The summed E-state index contributed by atoms with van der Waals surface area (Å²) in [6, 6.07) is 5.28. The average molecular weight is 349 g/mol. The molecule has 0 radical (unpaired) electrons. The molecule has 3 heterocycles. The fourth-order valence-electron chi connectivity index (χ4n) is 3.74. The number of carbonyl (C=O) groups is 1. The van der Waals surface area contributed by atoms with Gasteiger partial charge in [0.05, 0.1) is 24.3 Å². The van der Waals surface area contributed by atoms with Crippen LogP contribution >= 0.6 is 0 Å². The van der Waals surface area contributed by atoms with Crippen molar-refractivity contribution in [2.75, 3.05) is 19.4 Å². The summed E-state index contributed by atoms with van der Waals surface area (Å²) < 4.78 is 31.2. The SMILES string of the molecule is CS(=O)(=O)c1nc(C(=O)N2CCO[C@H]3CCC[C@@H]32)c2ccccn12. The minimum absolute atomic E-state index is 0.0633. The maximum atomic E-state index is 13.1. The Bertz CT molecular complexity index is 905. The highest BCUT2D eigenvalue weighted by atomic mass is 32.2. The summed E-state index contributed by atoms with van der Waals surface area (Å²) in [5.74, 6) is -0.214. The summed E-state index contributed by atoms with van der Waals surface area (Å²) in [6.07, 6.45) is 5.73. The maximum absolute atomic E-state index is 13.1. The van der Waals surface area contributed by atoms with E-state index in [1.807, 2.05) is 4.90 Å². The summed E-state index contributed by atoms with van der Waals surface area (Å²) in [5, 5.41) is -0.0994. The molecule has 1 aliphatic heterocycles. The quantitative estimate of drug-likeness (QED) is 0.812. The van der Waals surface area contributed by atoms with Crippen molar-refractivity contribution in [3.63, 3.8) is 0 Å². The Morgan fingerprint density at radius 3 is 2.96 bits per heavy atom. The second-order valence-corrected chi connectivity index (χ2v) is 8.29. The molecule has 0 aromatic carbocycles. The zero-order valence-corrected chi connectivity index (χ0v) is 14.2. The first-order chi connectivity index (χ1) is 11.5. The Kier molecular flexibility index (Phi) is 3.61. The van der Waals surface area contributed by atoms with E-state index in [0.29, 0.717) is 18.7 Å². The average Bonchev–Trinajstić information content (AvgIpc) is 3.17. The molecule has 4 rings (SSSR count). The van der Waals surface area contributed by atoms with Crippen LogP contribution in [0.5, 0.6) is 0 Å². The molecule has 2 aromatic heterocycles. The standard InChI is InChI=1S/C16H19N3O4S/c1-24(21,22)16-17-14(12-5-2-3-8-19(12)16)15(20)18-9-10-23-13-7-4-6-11(13)18/h2-3,5,8,11,13H,4,6-7,9-10H2,1H3/t11-,13-/m0/s1. The van der Waals surface area contributed by atoms with E-state index in [9.17, 15) is 13.2 Å². The van der Waals surface area contributed by atoms with E-state index in [1.54, 1.807) is 24.4 Å². The lowest BCUT2D eigenvalue weighted by atomic mass is 10.1. The van der Waals surface area contributed by atoms with Crippen molar-refractivity contribution >= 4 is 21.3 Å². The number of amides is 1. The topological polar surface area (TPSA) is 81.0 Å². The molecule has 1 saturated heterocycles. The molecule has 1 amide bonds. The van der Waals surface area contributed by atoms with Gasteiger partial charge in [-0.1, -0.05) is 6.07 Å². The molecule has 2 aromatic rings. The maximum Gasteiger partial charge on any atom is 0.275 e. The third-order valence-corrected chi connectivity index (χ3v) is 5.74. The van der Waals surface area contributed by atoms with E-state index < -0.39 is 9.84 Å². The summed E-state index contributed by atoms with van der Waals surface area (Å²) in [4.78, 5) is 19.1. The van der Waals surface area contributed by atoms with Crippen LogP contribution in [-0.2, 0) is 14.6 Å². The normalized spacial score (nSPS) is 24.3. The molecule has 24 heavy (non-hydrogen) atoms. The molecule has 0 unspecified atom stereocenters. The Morgan fingerprint density at radius 2 is 2.17 bits per heavy atom. The number of hydrogen-bond donors (Lipinski definition) is 0. The number of carbonyl (C=O) groups excluding carboxylic acids is 1. The van der Waals surface area contributed by atoms with E-state index in [-0.39, 0.29) is 28.9 Å². The highest BCUT2D eigenvalue weighted by Crippen LogP contribution is 2.31. The zero-order valence-electron chi connectivity index (χ0n) is 13.4. The van der Waals surface area contributed by atoms with Crippen LogP contribution < -0.4 is 0 Å². The van der Waals surface area contributed by atoms with Gasteiger partial charge in [0.15, 0.2) is 5.69 Å². The molecule has 1 saturated carbocycles.